The Hall–Kier alpha value is -3.14. The first kappa shape index (κ1) is 16.7. The summed E-state index contributed by atoms with van der Waals surface area (Å²) in [6.45, 7) is -0.141. The molecule has 0 saturated heterocycles. The van der Waals surface area contributed by atoms with Crippen LogP contribution >= 0.6 is 11.3 Å². The second kappa shape index (κ2) is 7.18. The molecule has 0 N–H and O–H groups in total. The summed E-state index contributed by atoms with van der Waals surface area (Å²) in [4.78, 5) is 31.6. The summed E-state index contributed by atoms with van der Waals surface area (Å²) < 4.78 is 23.3. The predicted molar refractivity (Wildman–Crippen MR) is 88.1 cm³/mol. The van der Waals surface area contributed by atoms with Gasteiger partial charge in [-0.2, -0.15) is 0 Å². The lowest BCUT2D eigenvalue weighted by Crippen LogP contribution is -2.26. The third-order valence-corrected chi connectivity index (χ3v) is 4.25. The fourth-order valence-corrected chi connectivity index (χ4v) is 2.75. The van der Waals surface area contributed by atoms with E-state index in [1.807, 2.05) is 0 Å². The molecular formula is C15H11FN4O4S. The van der Waals surface area contributed by atoms with Crippen LogP contribution in [0.4, 0.5) is 20.1 Å². The van der Waals surface area contributed by atoms with Crippen LogP contribution in [0, 0.1) is 10.7 Å². The maximum atomic E-state index is 13.2. The molecular weight excluding hydrogens is 351 g/mol. The van der Waals surface area contributed by atoms with Crippen LogP contribution < -0.4 is 4.90 Å². The van der Waals surface area contributed by atoms with E-state index in [1.165, 1.54) is 53.9 Å². The summed E-state index contributed by atoms with van der Waals surface area (Å²) in [5, 5.41) is 3.67. The minimum atomic E-state index is -0.635. The Balaban J connectivity index is 1.65. The van der Waals surface area contributed by atoms with Crippen LogP contribution in [0.3, 0.4) is 0 Å². The van der Waals surface area contributed by atoms with Crippen molar-refractivity contribution < 1.29 is 18.3 Å². The van der Waals surface area contributed by atoms with Gasteiger partial charge in [0.05, 0.1) is 12.4 Å². The number of rotatable bonds is 5. The average molecular weight is 362 g/mol. The van der Waals surface area contributed by atoms with Crippen molar-refractivity contribution in [3.63, 3.8) is 0 Å². The molecule has 0 aromatic carbocycles. The zero-order valence-electron chi connectivity index (χ0n) is 12.9. The largest absolute Gasteiger partial charge is 0.441 e. The number of pyridine rings is 1. The van der Waals surface area contributed by atoms with Crippen molar-refractivity contribution in [2.24, 2.45) is 5.18 Å². The monoisotopic (exact) mass is 362 g/mol. The smallest absolute Gasteiger partial charge is 0.415 e. The summed E-state index contributed by atoms with van der Waals surface area (Å²) in [5.41, 5.74) is 0.516. The number of nitroso groups, excluding NO2 is 1. The summed E-state index contributed by atoms with van der Waals surface area (Å²) in [7, 11) is 1.52. The van der Waals surface area contributed by atoms with Crippen LogP contribution in [0.2, 0.25) is 0 Å². The second-order valence-electron chi connectivity index (χ2n) is 4.84. The Labute approximate surface area is 144 Å². The van der Waals surface area contributed by atoms with E-state index in [2.05, 4.69) is 15.1 Å². The van der Waals surface area contributed by atoms with Gasteiger partial charge < -0.3 is 9.15 Å². The highest BCUT2D eigenvalue weighted by Crippen LogP contribution is 2.30. The molecule has 25 heavy (non-hydrogen) atoms. The Morgan fingerprint density at radius 3 is 2.96 bits per heavy atom. The number of carbonyl (C=O) groups is 1. The second-order valence-corrected chi connectivity index (χ2v) is 5.85. The lowest BCUT2D eigenvalue weighted by Gasteiger charge is -2.13. The topological polar surface area (TPSA) is 97.9 Å². The fourth-order valence-electron chi connectivity index (χ4n) is 1.90. The Morgan fingerprint density at radius 1 is 1.40 bits per heavy atom. The van der Waals surface area contributed by atoms with E-state index in [4.69, 9.17) is 9.15 Å². The predicted octanol–water partition coefficient (Wildman–Crippen LogP) is 4.11. The molecule has 0 bridgehead atoms. The lowest BCUT2D eigenvalue weighted by molar-refractivity contribution is 0.140. The van der Waals surface area contributed by atoms with Gasteiger partial charge >= 0.3 is 6.09 Å². The molecule has 3 aromatic heterocycles. The number of carbonyl (C=O) groups excluding carboxylic acids is 1. The molecule has 0 aliphatic carbocycles. The van der Waals surface area contributed by atoms with E-state index < -0.39 is 11.9 Å². The Kier molecular flexibility index (Phi) is 4.80. The number of hydrogen-bond donors (Lipinski definition) is 0. The van der Waals surface area contributed by atoms with E-state index in [0.29, 0.717) is 21.3 Å². The zero-order valence-corrected chi connectivity index (χ0v) is 13.7. The summed E-state index contributed by atoms with van der Waals surface area (Å²) in [5.74, 6) is -0.257. The number of aromatic nitrogens is 2. The van der Waals surface area contributed by atoms with Crippen molar-refractivity contribution >= 4 is 28.3 Å². The number of ether oxygens (including phenoxy) is 1. The number of amides is 1. The van der Waals surface area contributed by atoms with Gasteiger partial charge in [-0.15, -0.1) is 4.91 Å². The zero-order chi connectivity index (χ0) is 17.8. The molecule has 8 nitrogen and oxygen atoms in total. The van der Waals surface area contributed by atoms with E-state index in [9.17, 15) is 14.1 Å². The van der Waals surface area contributed by atoms with Gasteiger partial charge in [0, 0.05) is 30.1 Å². The van der Waals surface area contributed by atoms with Crippen LogP contribution in [0.1, 0.15) is 5.76 Å². The average Bonchev–Trinajstić information content (AvgIpc) is 3.28. The van der Waals surface area contributed by atoms with Gasteiger partial charge in [-0.25, -0.2) is 14.2 Å². The number of thiazole rings is 1. The molecule has 0 aliphatic rings. The van der Waals surface area contributed by atoms with Gasteiger partial charge in [0.15, 0.2) is 6.61 Å². The van der Waals surface area contributed by atoms with E-state index in [0.717, 1.165) is 6.20 Å². The normalized spacial score (nSPS) is 10.5. The van der Waals surface area contributed by atoms with Gasteiger partial charge in [0.25, 0.3) is 5.88 Å². The molecule has 1 amide bonds. The SMILES string of the molecule is CN(C(=O)OCc1ccc(N=O)o1)c1cnc(-c2cncc(F)c2)s1. The van der Waals surface area contributed by atoms with Crippen LogP contribution in [-0.4, -0.2) is 23.1 Å². The number of halogens is 1. The van der Waals surface area contributed by atoms with Crippen LogP contribution in [0.25, 0.3) is 10.6 Å². The van der Waals surface area contributed by atoms with E-state index in [1.54, 1.807) is 0 Å². The molecule has 128 valence electrons. The Bertz CT molecular complexity index is 910. The minimum absolute atomic E-state index is 0.0878. The van der Waals surface area contributed by atoms with Gasteiger partial charge in [0.1, 0.15) is 21.6 Å². The molecule has 0 saturated carbocycles. The Morgan fingerprint density at radius 2 is 2.24 bits per heavy atom. The first-order valence-electron chi connectivity index (χ1n) is 6.96. The number of furan rings is 1. The maximum absolute atomic E-state index is 13.2. The highest BCUT2D eigenvalue weighted by Gasteiger charge is 2.17. The molecule has 3 heterocycles. The van der Waals surface area contributed by atoms with Crippen molar-refractivity contribution in [2.45, 2.75) is 6.61 Å². The van der Waals surface area contributed by atoms with Crippen molar-refractivity contribution in [3.8, 4) is 10.6 Å². The number of hydrogen-bond acceptors (Lipinski definition) is 8. The summed E-state index contributed by atoms with van der Waals surface area (Å²) >= 11 is 1.19. The molecule has 0 spiro atoms. The first-order valence-corrected chi connectivity index (χ1v) is 7.78. The molecule has 0 fully saturated rings. The first-order chi connectivity index (χ1) is 12.1. The van der Waals surface area contributed by atoms with Gasteiger partial charge in [-0.1, -0.05) is 11.3 Å². The fraction of sp³-hybridized carbons (Fsp3) is 0.133. The van der Waals surface area contributed by atoms with Crippen LogP contribution in [0.5, 0.6) is 0 Å². The highest BCUT2D eigenvalue weighted by molar-refractivity contribution is 7.19. The summed E-state index contributed by atoms with van der Waals surface area (Å²) in [6.07, 6.45) is 3.43. The molecule has 10 heteroatoms. The van der Waals surface area contributed by atoms with Crippen molar-refractivity contribution in [2.75, 3.05) is 11.9 Å². The molecule has 3 rings (SSSR count). The van der Waals surface area contributed by atoms with Crippen molar-refractivity contribution in [1.29, 1.82) is 0 Å². The number of anilines is 1. The molecule has 0 aliphatic heterocycles. The quantitative estimate of drug-likeness (QED) is 0.634. The van der Waals surface area contributed by atoms with Gasteiger partial charge in [-0.05, 0) is 12.1 Å². The van der Waals surface area contributed by atoms with Gasteiger partial charge in [0.2, 0.25) is 0 Å². The molecule has 0 atom stereocenters. The van der Waals surface area contributed by atoms with Crippen LogP contribution in [-0.2, 0) is 11.3 Å². The van der Waals surface area contributed by atoms with E-state index in [-0.39, 0.29) is 12.5 Å². The third-order valence-electron chi connectivity index (χ3n) is 3.13. The number of nitrogens with zero attached hydrogens (tertiary/aromatic N) is 4. The third kappa shape index (κ3) is 3.86. The maximum Gasteiger partial charge on any atom is 0.415 e. The van der Waals surface area contributed by atoms with Crippen LogP contribution in [0.15, 0.2) is 46.4 Å². The van der Waals surface area contributed by atoms with Gasteiger partial charge in [-0.3, -0.25) is 9.88 Å². The van der Waals surface area contributed by atoms with Crippen molar-refractivity contribution in [1.82, 2.24) is 9.97 Å². The summed E-state index contributed by atoms with van der Waals surface area (Å²) in [6, 6.07) is 4.18. The highest BCUT2D eigenvalue weighted by atomic mass is 32.1. The molecule has 0 unspecified atom stereocenters. The minimum Gasteiger partial charge on any atom is -0.441 e. The van der Waals surface area contributed by atoms with Crippen molar-refractivity contribution in [3.05, 3.63) is 53.3 Å². The molecule has 0 radical (unpaired) electrons. The standard InChI is InChI=1S/C15H11FN4O4S/c1-20(15(21)23-8-11-2-3-12(19-22)24-11)13-7-18-14(25-13)9-4-10(16)6-17-5-9/h2-7H,8H2,1H3. The van der Waals surface area contributed by atoms with E-state index >= 15 is 0 Å². The lowest BCUT2D eigenvalue weighted by atomic mass is 10.3. The molecule has 3 aromatic rings.